The van der Waals surface area contributed by atoms with E-state index < -0.39 is 0 Å². The van der Waals surface area contributed by atoms with E-state index in [1.807, 2.05) is 18.2 Å². The van der Waals surface area contributed by atoms with Crippen LogP contribution in [0.3, 0.4) is 0 Å². The normalized spacial score (nSPS) is 17.3. The highest BCUT2D eigenvalue weighted by molar-refractivity contribution is 7.16. The van der Waals surface area contributed by atoms with Crippen molar-refractivity contribution >= 4 is 22.3 Å². The molecular weight excluding hydrogens is 552 g/mol. The van der Waals surface area contributed by atoms with Gasteiger partial charge in [-0.3, -0.25) is 4.79 Å². The monoisotopic (exact) mass is 606 g/mol. The number of unbranched alkanes of at least 4 members (excludes halogenated alkanes) is 12. The minimum absolute atomic E-state index is 0.0554. The molecule has 43 heavy (non-hydrogen) atoms. The van der Waals surface area contributed by atoms with Gasteiger partial charge in [-0.25, -0.2) is 4.98 Å². The van der Waals surface area contributed by atoms with Gasteiger partial charge < -0.3 is 14.5 Å². The number of nitrogens with one attached hydrogen (secondary N) is 1. The van der Waals surface area contributed by atoms with E-state index >= 15 is 0 Å². The van der Waals surface area contributed by atoms with Crippen molar-refractivity contribution in [2.45, 2.75) is 135 Å². The number of carbonyl (C=O) groups excluding carboxylic acids is 1. The van der Waals surface area contributed by atoms with Gasteiger partial charge in [0.15, 0.2) is 10.9 Å². The van der Waals surface area contributed by atoms with Crippen molar-refractivity contribution in [2.75, 3.05) is 11.9 Å². The van der Waals surface area contributed by atoms with E-state index in [1.54, 1.807) is 17.6 Å². The topological polar surface area (TPSA) is 64.4 Å². The van der Waals surface area contributed by atoms with Gasteiger partial charge in [0.2, 0.25) is 0 Å². The number of nitrogens with zero attached hydrogens (tertiary/aromatic N) is 1. The van der Waals surface area contributed by atoms with Crippen LogP contribution >= 0.6 is 11.3 Å². The van der Waals surface area contributed by atoms with Gasteiger partial charge in [0.05, 0.1) is 22.8 Å². The lowest BCUT2D eigenvalue weighted by Gasteiger charge is -2.28. The van der Waals surface area contributed by atoms with Gasteiger partial charge in [-0.2, -0.15) is 0 Å². The Bertz CT molecular complexity index is 1190. The number of Topliss-reactive ketones (excluding diaryl/α,β-unsaturated/α-hetero) is 1. The molecule has 0 aliphatic carbocycles. The number of hydrogen-bond acceptors (Lipinski definition) is 6. The highest BCUT2D eigenvalue weighted by atomic mass is 32.1. The largest absolute Gasteiger partial charge is 0.463 e. The number of furan rings is 1. The molecule has 5 nitrogen and oxygen atoms in total. The van der Waals surface area contributed by atoms with Crippen LogP contribution in [0.5, 0.6) is 0 Å². The average Bonchev–Trinajstić information content (AvgIpc) is 3.70. The summed E-state index contributed by atoms with van der Waals surface area (Å²) >= 11 is 1.62. The SMILES string of the molecule is CCCCCCCCCCCCCCCC(=O)C1CCOC(c2sc(NC(C)(C)c3ccccc3)nc2-c2ccco2)C1. The highest BCUT2D eigenvalue weighted by Gasteiger charge is 2.33. The molecule has 1 fully saturated rings. The molecule has 0 bridgehead atoms. The number of benzene rings is 1. The number of ether oxygens (including phenoxy) is 1. The summed E-state index contributed by atoms with van der Waals surface area (Å²) in [6.45, 7) is 7.21. The van der Waals surface area contributed by atoms with Crippen molar-refractivity contribution in [3.05, 3.63) is 59.2 Å². The molecule has 4 rings (SSSR count). The van der Waals surface area contributed by atoms with E-state index in [-0.39, 0.29) is 17.6 Å². The van der Waals surface area contributed by atoms with Crippen LogP contribution in [0.25, 0.3) is 11.5 Å². The van der Waals surface area contributed by atoms with Gasteiger partial charge in [-0.15, -0.1) is 0 Å². The van der Waals surface area contributed by atoms with Gasteiger partial charge in [0, 0.05) is 18.9 Å². The van der Waals surface area contributed by atoms with Crippen LogP contribution in [0.15, 0.2) is 53.1 Å². The first-order valence-electron chi connectivity index (χ1n) is 17.0. The molecule has 0 amide bonds. The Morgan fingerprint density at radius 2 is 1.56 bits per heavy atom. The quantitative estimate of drug-likeness (QED) is 0.130. The highest BCUT2D eigenvalue weighted by Crippen LogP contribution is 2.43. The minimum Gasteiger partial charge on any atom is -0.463 e. The molecule has 0 spiro atoms. The average molecular weight is 607 g/mol. The molecule has 2 atom stereocenters. The summed E-state index contributed by atoms with van der Waals surface area (Å²) in [4.78, 5) is 19.3. The smallest absolute Gasteiger partial charge is 0.184 e. The third kappa shape index (κ3) is 10.6. The molecule has 3 heterocycles. The number of hydrogen-bond donors (Lipinski definition) is 1. The molecule has 0 saturated carbocycles. The summed E-state index contributed by atoms with van der Waals surface area (Å²) in [6, 6.07) is 14.3. The Hall–Kier alpha value is -2.44. The Morgan fingerprint density at radius 3 is 2.19 bits per heavy atom. The zero-order valence-electron chi connectivity index (χ0n) is 26.9. The van der Waals surface area contributed by atoms with Crippen LogP contribution < -0.4 is 5.32 Å². The maximum Gasteiger partial charge on any atom is 0.184 e. The number of anilines is 1. The molecule has 6 heteroatoms. The van der Waals surface area contributed by atoms with Gasteiger partial charge in [-0.1, -0.05) is 126 Å². The zero-order chi connectivity index (χ0) is 30.3. The number of aromatic nitrogens is 1. The first-order chi connectivity index (χ1) is 21.0. The third-order valence-electron chi connectivity index (χ3n) is 8.88. The second-order valence-corrected chi connectivity index (χ2v) is 13.9. The van der Waals surface area contributed by atoms with Crippen LogP contribution in [-0.4, -0.2) is 17.4 Å². The summed E-state index contributed by atoms with van der Waals surface area (Å²) in [7, 11) is 0. The van der Waals surface area contributed by atoms with Crippen molar-refractivity contribution in [3.8, 4) is 11.5 Å². The zero-order valence-corrected chi connectivity index (χ0v) is 27.7. The lowest BCUT2D eigenvalue weighted by atomic mass is 9.88. The molecule has 1 saturated heterocycles. The fourth-order valence-electron chi connectivity index (χ4n) is 6.18. The van der Waals surface area contributed by atoms with Gasteiger partial charge in [0.1, 0.15) is 11.5 Å². The molecule has 236 valence electrons. The summed E-state index contributed by atoms with van der Waals surface area (Å²) in [6.07, 6.45) is 21.0. The molecule has 1 N–H and O–H groups in total. The van der Waals surface area contributed by atoms with Crippen LogP contribution in [0.2, 0.25) is 0 Å². The molecule has 0 radical (unpaired) electrons. The van der Waals surface area contributed by atoms with Gasteiger partial charge in [-0.05, 0) is 50.8 Å². The van der Waals surface area contributed by atoms with E-state index in [0.29, 0.717) is 25.2 Å². The lowest BCUT2D eigenvalue weighted by Crippen LogP contribution is -2.27. The number of ketones is 1. The fraction of sp³-hybridized carbons (Fsp3) is 0.622. The standard InChI is InChI=1S/C37H54N2O3S/c1-4-5-6-7-8-9-10-11-12-13-14-15-19-23-31(40)29-25-27-42-33(28-29)35-34(32-24-20-26-41-32)38-36(43-35)39-37(2,3)30-21-17-16-18-22-30/h16-18,20-22,24,26,29,33H,4-15,19,23,25,27-28H2,1-3H3,(H,38,39). The van der Waals surface area contributed by atoms with Crippen molar-refractivity contribution in [1.29, 1.82) is 0 Å². The Balaban J connectivity index is 1.23. The third-order valence-corrected chi connectivity index (χ3v) is 9.94. The van der Waals surface area contributed by atoms with Crippen molar-refractivity contribution in [3.63, 3.8) is 0 Å². The van der Waals surface area contributed by atoms with Gasteiger partial charge in [0.25, 0.3) is 0 Å². The Kier molecular flexibility index (Phi) is 13.8. The van der Waals surface area contributed by atoms with E-state index in [4.69, 9.17) is 14.1 Å². The maximum absolute atomic E-state index is 13.2. The van der Waals surface area contributed by atoms with E-state index in [9.17, 15) is 4.79 Å². The number of carbonyl (C=O) groups is 1. The number of rotatable bonds is 20. The molecule has 3 aromatic rings. The lowest BCUT2D eigenvalue weighted by molar-refractivity contribution is -0.128. The van der Waals surface area contributed by atoms with Crippen LogP contribution in [-0.2, 0) is 15.1 Å². The van der Waals surface area contributed by atoms with Crippen LogP contribution in [0.4, 0.5) is 5.13 Å². The summed E-state index contributed by atoms with van der Waals surface area (Å²) < 4.78 is 12.1. The van der Waals surface area contributed by atoms with Crippen LogP contribution in [0, 0.1) is 5.92 Å². The first-order valence-corrected chi connectivity index (χ1v) is 17.8. The predicted molar refractivity (Wildman–Crippen MR) is 180 cm³/mol. The molecule has 2 aromatic heterocycles. The Labute approximate surface area is 264 Å². The van der Waals surface area contributed by atoms with Crippen molar-refractivity contribution in [2.24, 2.45) is 5.92 Å². The summed E-state index contributed by atoms with van der Waals surface area (Å²) in [5, 5.41) is 4.47. The minimum atomic E-state index is -0.295. The second kappa shape index (κ2) is 17.8. The van der Waals surface area contributed by atoms with Crippen molar-refractivity contribution < 1.29 is 13.9 Å². The van der Waals surface area contributed by atoms with E-state index in [2.05, 4.69) is 50.4 Å². The summed E-state index contributed by atoms with van der Waals surface area (Å²) in [5.74, 6) is 1.20. The fourth-order valence-corrected chi connectivity index (χ4v) is 7.37. The van der Waals surface area contributed by atoms with Crippen LogP contribution in [0.1, 0.15) is 140 Å². The molecule has 1 aromatic carbocycles. The second-order valence-electron chi connectivity index (χ2n) is 12.9. The van der Waals surface area contributed by atoms with E-state index in [0.717, 1.165) is 34.3 Å². The van der Waals surface area contributed by atoms with Crippen molar-refractivity contribution in [1.82, 2.24) is 4.98 Å². The molecule has 1 aliphatic rings. The van der Waals surface area contributed by atoms with E-state index in [1.165, 1.54) is 82.6 Å². The first kappa shape index (κ1) is 33.5. The molecule has 1 aliphatic heterocycles. The Morgan fingerprint density at radius 1 is 0.907 bits per heavy atom. The van der Waals surface area contributed by atoms with Gasteiger partial charge >= 0.3 is 0 Å². The maximum atomic E-state index is 13.2. The molecular formula is C37H54N2O3S. The molecule has 2 unspecified atom stereocenters. The summed E-state index contributed by atoms with van der Waals surface area (Å²) in [5.41, 5.74) is 1.71. The number of thiazole rings is 1. The predicted octanol–water partition coefficient (Wildman–Crippen LogP) is 11.3.